The Hall–Kier alpha value is -1.42. The summed E-state index contributed by atoms with van der Waals surface area (Å²) in [6.07, 6.45) is 1.96. The maximum atomic E-state index is 11.1. The second-order valence-corrected chi connectivity index (χ2v) is 4.26. The summed E-state index contributed by atoms with van der Waals surface area (Å²) in [5.74, 6) is 0.0737. The summed E-state index contributed by atoms with van der Waals surface area (Å²) < 4.78 is 1.69. The number of pyridine rings is 1. The van der Waals surface area contributed by atoms with Gasteiger partial charge in [-0.1, -0.05) is 11.6 Å². The van der Waals surface area contributed by atoms with Crippen LogP contribution in [0.4, 0.5) is 0 Å². The molecule has 0 aliphatic heterocycles. The molecule has 0 saturated heterocycles. The van der Waals surface area contributed by atoms with Crippen molar-refractivity contribution < 1.29 is 4.79 Å². The Bertz CT molecular complexity index is 574. The summed E-state index contributed by atoms with van der Waals surface area (Å²) in [5.41, 5.74) is 2.34. The Morgan fingerprint density at radius 2 is 2.25 bits per heavy atom. The lowest BCUT2D eigenvalue weighted by atomic mass is 10.1. The normalized spacial score (nSPS) is 11.0. The zero-order chi connectivity index (χ0) is 11.9. The molecule has 5 heteroatoms. The number of hydrogen-bond acceptors (Lipinski definition) is 3. The van der Waals surface area contributed by atoms with Gasteiger partial charge in [-0.05, 0) is 19.4 Å². The van der Waals surface area contributed by atoms with Crippen LogP contribution in [0, 0.1) is 6.92 Å². The zero-order valence-electron chi connectivity index (χ0n) is 9.41. The summed E-state index contributed by atoms with van der Waals surface area (Å²) in [7, 11) is 1.82. The lowest BCUT2D eigenvalue weighted by Crippen LogP contribution is -1.99. The van der Waals surface area contributed by atoms with Crippen molar-refractivity contribution in [3.63, 3.8) is 0 Å². The van der Waals surface area contributed by atoms with E-state index >= 15 is 0 Å². The minimum atomic E-state index is 0.0737. The maximum absolute atomic E-state index is 11.1. The smallest absolute Gasteiger partial charge is 0.159 e. The Labute approximate surface area is 98.2 Å². The van der Waals surface area contributed by atoms with Gasteiger partial charge < -0.3 is 0 Å². The molecule has 2 heterocycles. The molecule has 0 saturated carbocycles. The van der Waals surface area contributed by atoms with Crippen molar-refractivity contribution in [2.24, 2.45) is 7.05 Å². The summed E-state index contributed by atoms with van der Waals surface area (Å²) in [4.78, 5) is 15.4. The number of halogens is 1. The number of nitrogens with zero attached hydrogens (tertiary/aromatic N) is 3. The van der Waals surface area contributed by atoms with Crippen LogP contribution in [0.15, 0.2) is 6.20 Å². The molecule has 84 valence electrons. The molecule has 2 aromatic rings. The molecule has 0 aliphatic rings. The molecule has 16 heavy (non-hydrogen) atoms. The average Bonchev–Trinajstić information content (AvgIpc) is 2.46. The van der Waals surface area contributed by atoms with Crippen molar-refractivity contribution in [1.82, 2.24) is 14.8 Å². The van der Waals surface area contributed by atoms with Gasteiger partial charge >= 0.3 is 0 Å². The molecule has 0 radical (unpaired) electrons. The number of hydrogen-bond donors (Lipinski definition) is 0. The molecule has 0 unspecified atom stereocenters. The lowest BCUT2D eigenvalue weighted by Gasteiger charge is -2.03. The monoisotopic (exact) mass is 237 g/mol. The SMILES string of the molecule is CC(=O)Cc1cnc2c(c(C)nn2C)c1Cl. The number of ketones is 1. The topological polar surface area (TPSA) is 47.8 Å². The predicted molar refractivity (Wildman–Crippen MR) is 62.6 cm³/mol. The minimum absolute atomic E-state index is 0.0737. The third kappa shape index (κ3) is 1.69. The van der Waals surface area contributed by atoms with E-state index in [1.165, 1.54) is 6.92 Å². The summed E-state index contributed by atoms with van der Waals surface area (Å²) in [6.45, 7) is 3.42. The van der Waals surface area contributed by atoms with Crippen molar-refractivity contribution in [2.45, 2.75) is 20.3 Å². The lowest BCUT2D eigenvalue weighted by molar-refractivity contribution is -0.116. The highest BCUT2D eigenvalue weighted by Gasteiger charge is 2.14. The number of aryl methyl sites for hydroxylation is 2. The summed E-state index contributed by atoms with van der Waals surface area (Å²) >= 11 is 6.26. The van der Waals surface area contributed by atoms with Crippen LogP contribution in [0.3, 0.4) is 0 Å². The molecule has 2 rings (SSSR count). The zero-order valence-corrected chi connectivity index (χ0v) is 10.2. The van der Waals surface area contributed by atoms with Gasteiger partial charge in [0.2, 0.25) is 0 Å². The first-order chi connectivity index (χ1) is 7.50. The van der Waals surface area contributed by atoms with Crippen molar-refractivity contribution in [1.29, 1.82) is 0 Å². The van der Waals surface area contributed by atoms with Crippen molar-refractivity contribution >= 4 is 28.4 Å². The molecule has 0 fully saturated rings. The Kier molecular flexibility index (Phi) is 2.68. The number of rotatable bonds is 2. The van der Waals surface area contributed by atoms with Crippen LogP contribution in [-0.4, -0.2) is 20.5 Å². The molecule has 0 N–H and O–H groups in total. The first-order valence-electron chi connectivity index (χ1n) is 4.97. The van der Waals surface area contributed by atoms with E-state index in [9.17, 15) is 4.79 Å². The molecular formula is C11H12ClN3O. The second kappa shape index (κ2) is 3.87. The van der Waals surface area contributed by atoms with Crippen LogP contribution in [0.25, 0.3) is 11.0 Å². The first-order valence-corrected chi connectivity index (χ1v) is 5.34. The summed E-state index contributed by atoms with van der Waals surface area (Å²) in [6, 6.07) is 0. The standard InChI is InChI=1S/C11H12ClN3O/c1-6(16)4-8-5-13-11-9(10(8)12)7(2)14-15(11)3/h5H,4H2,1-3H3. The van der Waals surface area contributed by atoms with E-state index in [0.29, 0.717) is 11.4 Å². The number of carbonyl (C=O) groups is 1. The minimum Gasteiger partial charge on any atom is -0.300 e. The van der Waals surface area contributed by atoms with Gasteiger partial charge in [-0.15, -0.1) is 0 Å². The molecule has 0 atom stereocenters. The average molecular weight is 238 g/mol. The molecule has 2 aromatic heterocycles. The molecule has 4 nitrogen and oxygen atoms in total. The van der Waals surface area contributed by atoms with Crippen molar-refractivity contribution in [3.05, 3.63) is 22.5 Å². The van der Waals surface area contributed by atoms with Gasteiger partial charge in [-0.25, -0.2) is 4.98 Å². The quantitative estimate of drug-likeness (QED) is 0.803. The molecule has 0 amide bonds. The fourth-order valence-corrected chi connectivity index (χ4v) is 2.14. The molecule has 0 aliphatic carbocycles. The number of fused-ring (bicyclic) bond motifs is 1. The predicted octanol–water partition coefficient (Wildman–Crippen LogP) is 2.06. The van der Waals surface area contributed by atoms with Gasteiger partial charge in [0.05, 0.1) is 16.1 Å². The number of carbonyl (C=O) groups excluding carboxylic acids is 1. The molecule has 0 bridgehead atoms. The van der Waals surface area contributed by atoms with E-state index in [1.807, 2.05) is 14.0 Å². The van der Waals surface area contributed by atoms with E-state index in [-0.39, 0.29) is 5.78 Å². The Morgan fingerprint density at radius 1 is 1.56 bits per heavy atom. The molecule has 0 spiro atoms. The first kappa shape index (κ1) is 11.1. The third-order valence-electron chi connectivity index (χ3n) is 2.48. The van der Waals surface area contributed by atoms with Crippen LogP contribution in [0.1, 0.15) is 18.2 Å². The Balaban J connectivity index is 2.69. The second-order valence-electron chi connectivity index (χ2n) is 3.88. The van der Waals surface area contributed by atoms with E-state index in [2.05, 4.69) is 10.1 Å². The summed E-state index contributed by atoms with van der Waals surface area (Å²) in [5, 5.41) is 5.68. The highest BCUT2D eigenvalue weighted by atomic mass is 35.5. The van der Waals surface area contributed by atoms with Crippen LogP contribution in [0.2, 0.25) is 5.02 Å². The molecular weight excluding hydrogens is 226 g/mol. The van der Waals surface area contributed by atoms with Gasteiger partial charge in [-0.3, -0.25) is 9.48 Å². The van der Waals surface area contributed by atoms with E-state index in [0.717, 1.165) is 22.3 Å². The number of Topliss-reactive ketones (excluding diaryl/α,β-unsaturated/α-hetero) is 1. The van der Waals surface area contributed by atoms with E-state index in [1.54, 1.807) is 10.9 Å². The van der Waals surface area contributed by atoms with Crippen LogP contribution in [0.5, 0.6) is 0 Å². The largest absolute Gasteiger partial charge is 0.300 e. The van der Waals surface area contributed by atoms with Gasteiger partial charge in [0.15, 0.2) is 5.65 Å². The Morgan fingerprint density at radius 3 is 2.88 bits per heavy atom. The molecule has 0 aromatic carbocycles. The van der Waals surface area contributed by atoms with Crippen LogP contribution >= 0.6 is 11.6 Å². The van der Waals surface area contributed by atoms with Gasteiger partial charge in [-0.2, -0.15) is 5.10 Å². The highest BCUT2D eigenvalue weighted by Crippen LogP contribution is 2.28. The number of aromatic nitrogens is 3. The van der Waals surface area contributed by atoms with Crippen LogP contribution in [-0.2, 0) is 18.3 Å². The van der Waals surface area contributed by atoms with Crippen LogP contribution < -0.4 is 0 Å². The van der Waals surface area contributed by atoms with E-state index < -0.39 is 0 Å². The van der Waals surface area contributed by atoms with Gasteiger partial charge in [0.1, 0.15) is 5.78 Å². The van der Waals surface area contributed by atoms with E-state index in [4.69, 9.17) is 11.6 Å². The highest BCUT2D eigenvalue weighted by molar-refractivity contribution is 6.36. The fraction of sp³-hybridized carbons (Fsp3) is 0.364. The maximum Gasteiger partial charge on any atom is 0.159 e. The van der Waals surface area contributed by atoms with Crippen molar-refractivity contribution in [3.8, 4) is 0 Å². The van der Waals surface area contributed by atoms with Gasteiger partial charge in [0, 0.05) is 19.7 Å². The fourth-order valence-electron chi connectivity index (χ4n) is 1.80. The van der Waals surface area contributed by atoms with Crippen molar-refractivity contribution in [2.75, 3.05) is 0 Å². The third-order valence-corrected chi connectivity index (χ3v) is 2.91. The van der Waals surface area contributed by atoms with Gasteiger partial charge in [0.25, 0.3) is 0 Å².